The predicted octanol–water partition coefficient (Wildman–Crippen LogP) is 2.38. The average molecular weight is 295 g/mol. The van der Waals surface area contributed by atoms with E-state index < -0.39 is 12.1 Å². The quantitative estimate of drug-likeness (QED) is 0.729. The first-order chi connectivity index (χ1) is 9.29. The molecule has 1 aliphatic carbocycles. The summed E-state index contributed by atoms with van der Waals surface area (Å²) in [5.41, 5.74) is 0.616. The molecule has 1 heterocycles. The molecule has 0 radical (unpaired) electrons. The Bertz CT molecular complexity index is 328. The van der Waals surface area contributed by atoms with Gasteiger partial charge in [0.15, 0.2) is 0 Å². The van der Waals surface area contributed by atoms with Gasteiger partial charge in [0.2, 0.25) is 0 Å². The standard InChI is InChI=1S/C11H19NO.C2HF3O2/c13-9-10-1-3-11(4-2-10)5-7-12-8-6-11;3-2(4,5)1(6)7/h9-10,12H,1-8H2;(H,6,7). The lowest BCUT2D eigenvalue weighted by atomic mass is 9.66. The van der Waals surface area contributed by atoms with Gasteiger partial charge >= 0.3 is 12.1 Å². The lowest BCUT2D eigenvalue weighted by molar-refractivity contribution is -0.192. The molecular weight excluding hydrogens is 275 g/mol. The van der Waals surface area contributed by atoms with Gasteiger partial charge in [0.05, 0.1) is 0 Å². The van der Waals surface area contributed by atoms with Crippen LogP contribution in [0.4, 0.5) is 13.2 Å². The molecule has 0 aromatic carbocycles. The van der Waals surface area contributed by atoms with Crippen molar-refractivity contribution in [3.63, 3.8) is 0 Å². The first-order valence-electron chi connectivity index (χ1n) is 6.75. The monoisotopic (exact) mass is 295 g/mol. The number of carbonyl (C=O) groups is 2. The Morgan fingerprint density at radius 3 is 1.95 bits per heavy atom. The van der Waals surface area contributed by atoms with Crippen molar-refractivity contribution in [1.29, 1.82) is 0 Å². The molecule has 1 aliphatic heterocycles. The van der Waals surface area contributed by atoms with Crippen molar-refractivity contribution in [2.45, 2.75) is 44.7 Å². The van der Waals surface area contributed by atoms with Gasteiger partial charge in [-0.1, -0.05) is 0 Å². The second kappa shape index (κ2) is 7.06. The largest absolute Gasteiger partial charge is 0.490 e. The number of rotatable bonds is 1. The lowest BCUT2D eigenvalue weighted by Gasteiger charge is -2.42. The highest BCUT2D eigenvalue weighted by atomic mass is 19.4. The van der Waals surface area contributed by atoms with Gasteiger partial charge in [-0.15, -0.1) is 0 Å². The summed E-state index contributed by atoms with van der Waals surface area (Å²) in [6, 6.07) is 0. The van der Waals surface area contributed by atoms with E-state index in [1.54, 1.807) is 0 Å². The highest BCUT2D eigenvalue weighted by Crippen LogP contribution is 2.44. The Kier molecular flexibility index (Phi) is 5.98. The molecular formula is C13H20F3NO3. The number of hydrogen-bond acceptors (Lipinski definition) is 3. The number of piperidine rings is 1. The number of carbonyl (C=O) groups excluding carboxylic acids is 1. The third kappa shape index (κ3) is 5.11. The Hall–Kier alpha value is -1.11. The second-order valence-electron chi connectivity index (χ2n) is 5.53. The van der Waals surface area contributed by atoms with Gasteiger partial charge in [0.1, 0.15) is 6.29 Å². The van der Waals surface area contributed by atoms with Crippen molar-refractivity contribution in [2.24, 2.45) is 11.3 Å². The topological polar surface area (TPSA) is 66.4 Å². The highest BCUT2D eigenvalue weighted by molar-refractivity contribution is 5.73. The van der Waals surface area contributed by atoms with Crippen LogP contribution in [0.25, 0.3) is 0 Å². The molecule has 2 fully saturated rings. The van der Waals surface area contributed by atoms with Crippen LogP contribution in [0.15, 0.2) is 0 Å². The Morgan fingerprint density at radius 2 is 1.60 bits per heavy atom. The zero-order valence-corrected chi connectivity index (χ0v) is 11.2. The number of nitrogens with one attached hydrogen (secondary N) is 1. The van der Waals surface area contributed by atoms with Gasteiger partial charge in [-0.3, -0.25) is 0 Å². The second-order valence-corrected chi connectivity index (χ2v) is 5.53. The van der Waals surface area contributed by atoms with Gasteiger partial charge in [-0.05, 0) is 57.0 Å². The third-order valence-corrected chi connectivity index (χ3v) is 4.19. The Morgan fingerprint density at radius 1 is 1.15 bits per heavy atom. The maximum absolute atomic E-state index is 10.6. The van der Waals surface area contributed by atoms with E-state index in [1.165, 1.54) is 38.8 Å². The van der Waals surface area contributed by atoms with Crippen LogP contribution in [0.1, 0.15) is 38.5 Å². The summed E-state index contributed by atoms with van der Waals surface area (Å²) >= 11 is 0. The van der Waals surface area contributed by atoms with E-state index in [0.717, 1.165) is 19.1 Å². The van der Waals surface area contributed by atoms with Gasteiger partial charge in [0, 0.05) is 5.92 Å². The molecule has 4 nitrogen and oxygen atoms in total. The summed E-state index contributed by atoms with van der Waals surface area (Å²) in [5.74, 6) is -2.38. The number of carboxylic acids is 1. The molecule has 0 aromatic heterocycles. The van der Waals surface area contributed by atoms with Gasteiger partial charge in [-0.2, -0.15) is 13.2 Å². The summed E-state index contributed by atoms with van der Waals surface area (Å²) < 4.78 is 31.7. The zero-order valence-electron chi connectivity index (χ0n) is 11.2. The SMILES string of the molecule is O=C(O)C(F)(F)F.O=CC1CCC2(CCNCC2)CC1. The van der Waals surface area contributed by atoms with Gasteiger partial charge in [-0.25, -0.2) is 4.79 Å². The van der Waals surface area contributed by atoms with Crippen molar-refractivity contribution in [3.05, 3.63) is 0 Å². The van der Waals surface area contributed by atoms with E-state index >= 15 is 0 Å². The van der Waals surface area contributed by atoms with Crippen LogP contribution >= 0.6 is 0 Å². The molecule has 0 aromatic rings. The molecule has 0 amide bonds. The minimum Gasteiger partial charge on any atom is -0.475 e. The number of carboxylic acid groups (broad SMARTS) is 1. The third-order valence-electron chi connectivity index (χ3n) is 4.19. The number of aldehydes is 1. The summed E-state index contributed by atoms with van der Waals surface area (Å²) in [7, 11) is 0. The number of alkyl halides is 3. The molecule has 0 unspecified atom stereocenters. The fourth-order valence-electron chi connectivity index (χ4n) is 2.85. The number of hydrogen-bond donors (Lipinski definition) is 2. The molecule has 2 aliphatic rings. The molecule has 7 heteroatoms. The summed E-state index contributed by atoms with van der Waals surface area (Å²) in [6.07, 6.45) is 3.61. The van der Waals surface area contributed by atoms with Crippen LogP contribution in [-0.4, -0.2) is 36.6 Å². The maximum atomic E-state index is 10.6. The number of aliphatic carboxylic acids is 1. The van der Waals surface area contributed by atoms with Gasteiger partial charge in [0.25, 0.3) is 0 Å². The molecule has 0 atom stereocenters. The average Bonchev–Trinajstić information content (AvgIpc) is 2.40. The Labute approximate surface area is 115 Å². The van der Waals surface area contributed by atoms with Crippen molar-refractivity contribution in [3.8, 4) is 0 Å². The van der Waals surface area contributed by atoms with E-state index in [4.69, 9.17) is 9.90 Å². The van der Waals surface area contributed by atoms with Crippen LogP contribution in [0, 0.1) is 11.3 Å². The van der Waals surface area contributed by atoms with E-state index in [2.05, 4.69) is 5.32 Å². The fourth-order valence-corrected chi connectivity index (χ4v) is 2.85. The summed E-state index contributed by atoms with van der Waals surface area (Å²) in [6.45, 7) is 2.37. The highest BCUT2D eigenvalue weighted by Gasteiger charge is 2.38. The lowest BCUT2D eigenvalue weighted by Crippen LogP contribution is -2.39. The van der Waals surface area contributed by atoms with Crippen molar-refractivity contribution < 1.29 is 27.9 Å². The maximum Gasteiger partial charge on any atom is 0.490 e. The molecule has 1 saturated heterocycles. The molecule has 1 spiro atoms. The molecule has 2 rings (SSSR count). The van der Waals surface area contributed by atoms with E-state index in [0.29, 0.717) is 11.3 Å². The molecule has 20 heavy (non-hydrogen) atoms. The molecule has 0 bridgehead atoms. The summed E-state index contributed by atoms with van der Waals surface area (Å²) in [5, 5.41) is 10.5. The van der Waals surface area contributed by atoms with Crippen LogP contribution in [0.3, 0.4) is 0 Å². The predicted molar refractivity (Wildman–Crippen MR) is 66.2 cm³/mol. The van der Waals surface area contributed by atoms with Crippen molar-refractivity contribution >= 4 is 12.3 Å². The summed E-state index contributed by atoms with van der Waals surface area (Å²) in [4.78, 5) is 19.5. The molecule has 1 saturated carbocycles. The van der Waals surface area contributed by atoms with Crippen LogP contribution in [-0.2, 0) is 9.59 Å². The van der Waals surface area contributed by atoms with E-state index in [9.17, 15) is 18.0 Å². The minimum atomic E-state index is -5.08. The first kappa shape index (κ1) is 16.9. The minimum absolute atomic E-state index is 0.375. The van der Waals surface area contributed by atoms with E-state index in [-0.39, 0.29) is 0 Å². The van der Waals surface area contributed by atoms with Crippen molar-refractivity contribution in [1.82, 2.24) is 5.32 Å². The van der Waals surface area contributed by atoms with E-state index in [1.807, 2.05) is 0 Å². The van der Waals surface area contributed by atoms with Crippen LogP contribution in [0.2, 0.25) is 0 Å². The van der Waals surface area contributed by atoms with Gasteiger partial charge < -0.3 is 15.2 Å². The van der Waals surface area contributed by atoms with Crippen LogP contribution in [0.5, 0.6) is 0 Å². The Balaban J connectivity index is 0.000000246. The molecule has 2 N–H and O–H groups in total. The first-order valence-corrected chi connectivity index (χ1v) is 6.75. The number of halogens is 3. The normalized spacial score (nSPS) is 22.8. The van der Waals surface area contributed by atoms with Crippen LogP contribution < -0.4 is 5.32 Å². The smallest absolute Gasteiger partial charge is 0.475 e. The molecule has 116 valence electrons. The fraction of sp³-hybridized carbons (Fsp3) is 0.846. The zero-order chi connectivity index (χ0) is 15.2. The van der Waals surface area contributed by atoms with Crippen molar-refractivity contribution in [2.75, 3.05) is 13.1 Å².